The minimum absolute atomic E-state index is 0.0298. The van der Waals surface area contributed by atoms with Crippen molar-refractivity contribution in [2.24, 2.45) is 0 Å². The first kappa shape index (κ1) is 23.4. The van der Waals surface area contributed by atoms with Crippen LogP contribution in [0.4, 0.5) is 5.82 Å². The van der Waals surface area contributed by atoms with Crippen LogP contribution in [0.25, 0.3) is 0 Å². The maximum atomic E-state index is 11.9. The number of carbonyl (C=O) groups is 1. The number of aliphatic carboxylic acids is 1. The minimum atomic E-state index is -0.774. The van der Waals surface area contributed by atoms with Crippen molar-refractivity contribution >= 4 is 11.8 Å². The fraction of sp³-hybridized carbons (Fsp3) is 0.333. The van der Waals surface area contributed by atoms with Gasteiger partial charge in [-0.3, -0.25) is 10.1 Å². The molecule has 0 saturated carbocycles. The van der Waals surface area contributed by atoms with Gasteiger partial charge in [-0.15, -0.1) is 0 Å². The van der Waals surface area contributed by atoms with E-state index in [0.29, 0.717) is 37.7 Å². The van der Waals surface area contributed by atoms with E-state index in [-0.39, 0.29) is 12.3 Å². The number of aromatic nitrogens is 1. The molecule has 0 aliphatic heterocycles. The van der Waals surface area contributed by atoms with Gasteiger partial charge in [-0.2, -0.15) is 0 Å². The Morgan fingerprint density at radius 2 is 1.91 bits per heavy atom. The van der Waals surface area contributed by atoms with Crippen molar-refractivity contribution in [2.45, 2.75) is 38.5 Å². The second-order valence-corrected chi connectivity index (χ2v) is 8.44. The molecular weight excluding hydrogens is 432 g/mol. The van der Waals surface area contributed by atoms with Crippen molar-refractivity contribution in [3.05, 3.63) is 88.3 Å². The Bertz CT molecular complexity index is 1150. The van der Waals surface area contributed by atoms with Crippen molar-refractivity contribution in [3.63, 3.8) is 0 Å². The number of anilines is 1. The first-order valence-electron chi connectivity index (χ1n) is 11.7. The summed E-state index contributed by atoms with van der Waals surface area (Å²) in [6.07, 6.45) is 3.75. The third kappa shape index (κ3) is 5.78. The number of fused-ring (bicyclic) bond motifs is 2. The predicted molar refractivity (Wildman–Crippen MR) is 130 cm³/mol. The molecule has 0 spiro atoms. The van der Waals surface area contributed by atoms with Gasteiger partial charge in [-0.05, 0) is 60.1 Å². The number of rotatable bonds is 10. The molecule has 3 aromatic rings. The third-order valence-corrected chi connectivity index (χ3v) is 6.04. The zero-order valence-electron chi connectivity index (χ0n) is 19.3. The second kappa shape index (κ2) is 10.9. The summed E-state index contributed by atoms with van der Waals surface area (Å²) >= 11 is 0. The lowest BCUT2D eigenvalue weighted by Gasteiger charge is -2.16. The van der Waals surface area contributed by atoms with E-state index in [1.807, 2.05) is 25.1 Å². The van der Waals surface area contributed by atoms with Crippen molar-refractivity contribution in [1.29, 1.82) is 0 Å². The monoisotopic (exact) mass is 462 g/mol. The van der Waals surface area contributed by atoms with E-state index < -0.39 is 5.97 Å². The molecule has 0 amide bonds. The number of nitrogens with one attached hydrogen (secondary N) is 1. The van der Waals surface area contributed by atoms with E-state index in [0.717, 1.165) is 28.9 Å². The number of benzene rings is 2. The van der Waals surface area contributed by atoms with Gasteiger partial charge in [0, 0.05) is 12.5 Å². The SMILES string of the molecule is CCOc1cc[n+]([O-])c(NCCCOc2ccc3c(c2)Cc2ccccc2[C@H](CC(=O)O)C3)c1. The molecule has 1 heterocycles. The molecule has 1 atom stereocenters. The fourth-order valence-corrected chi connectivity index (χ4v) is 4.45. The smallest absolute Gasteiger partial charge is 0.303 e. The number of carboxylic acid groups (broad SMARTS) is 1. The molecule has 2 N–H and O–H groups in total. The number of ether oxygens (including phenoxy) is 2. The van der Waals surface area contributed by atoms with E-state index in [9.17, 15) is 15.1 Å². The normalized spacial score (nSPS) is 14.4. The number of pyridine rings is 1. The van der Waals surface area contributed by atoms with Gasteiger partial charge >= 0.3 is 5.97 Å². The van der Waals surface area contributed by atoms with Crippen molar-refractivity contribution in [2.75, 3.05) is 25.1 Å². The molecular formula is C27H30N2O5. The number of carboxylic acids is 1. The van der Waals surface area contributed by atoms with Crippen molar-refractivity contribution < 1.29 is 24.1 Å². The maximum Gasteiger partial charge on any atom is 0.303 e. The van der Waals surface area contributed by atoms with Crippen molar-refractivity contribution in [1.82, 2.24) is 0 Å². The summed E-state index contributed by atoms with van der Waals surface area (Å²) in [5.74, 6) is 1.10. The molecule has 0 fully saturated rings. The highest BCUT2D eigenvalue weighted by Crippen LogP contribution is 2.35. The lowest BCUT2D eigenvalue weighted by Crippen LogP contribution is -2.30. The average Bonchev–Trinajstić information content (AvgIpc) is 2.96. The second-order valence-electron chi connectivity index (χ2n) is 8.44. The van der Waals surface area contributed by atoms with E-state index >= 15 is 0 Å². The summed E-state index contributed by atoms with van der Waals surface area (Å²) in [5, 5.41) is 24.5. The van der Waals surface area contributed by atoms with Crippen LogP contribution in [0.1, 0.15) is 47.9 Å². The Hall–Kier alpha value is -3.74. The zero-order chi connectivity index (χ0) is 23.9. The average molecular weight is 463 g/mol. The van der Waals surface area contributed by atoms with Gasteiger partial charge in [-0.1, -0.05) is 30.3 Å². The molecule has 0 unspecified atom stereocenters. The Labute approximate surface area is 199 Å². The summed E-state index contributed by atoms with van der Waals surface area (Å²) in [4.78, 5) is 11.4. The summed E-state index contributed by atoms with van der Waals surface area (Å²) in [5.41, 5.74) is 4.65. The van der Waals surface area contributed by atoms with Crippen LogP contribution >= 0.6 is 0 Å². The molecule has 1 aromatic heterocycles. The van der Waals surface area contributed by atoms with Gasteiger partial charge in [0.1, 0.15) is 11.5 Å². The molecule has 4 rings (SSSR count). The predicted octanol–water partition coefficient (Wildman–Crippen LogP) is 4.30. The van der Waals surface area contributed by atoms with E-state index in [4.69, 9.17) is 9.47 Å². The summed E-state index contributed by atoms with van der Waals surface area (Å²) in [6, 6.07) is 17.5. The van der Waals surface area contributed by atoms with E-state index in [1.54, 1.807) is 12.1 Å². The molecule has 0 saturated heterocycles. The maximum absolute atomic E-state index is 11.9. The number of hydrogen-bond acceptors (Lipinski definition) is 5. The molecule has 2 aromatic carbocycles. The third-order valence-electron chi connectivity index (χ3n) is 6.04. The number of hydrogen-bond donors (Lipinski definition) is 2. The van der Waals surface area contributed by atoms with Gasteiger partial charge < -0.3 is 19.8 Å². The van der Waals surface area contributed by atoms with Crippen LogP contribution in [-0.2, 0) is 17.6 Å². The van der Waals surface area contributed by atoms with Crippen molar-refractivity contribution in [3.8, 4) is 11.5 Å². The van der Waals surface area contributed by atoms with Gasteiger partial charge in [-0.25, -0.2) is 4.73 Å². The lowest BCUT2D eigenvalue weighted by molar-refractivity contribution is -0.590. The summed E-state index contributed by atoms with van der Waals surface area (Å²) in [7, 11) is 0. The highest BCUT2D eigenvalue weighted by molar-refractivity contribution is 5.68. The van der Waals surface area contributed by atoms with Crippen LogP contribution in [0.15, 0.2) is 60.8 Å². The van der Waals surface area contributed by atoms with E-state index in [2.05, 4.69) is 29.6 Å². The van der Waals surface area contributed by atoms with Gasteiger partial charge in [0.25, 0.3) is 5.82 Å². The highest BCUT2D eigenvalue weighted by Gasteiger charge is 2.24. The van der Waals surface area contributed by atoms with Crippen LogP contribution in [0, 0.1) is 5.21 Å². The van der Waals surface area contributed by atoms with Crippen LogP contribution in [0.3, 0.4) is 0 Å². The summed E-state index contributed by atoms with van der Waals surface area (Å²) < 4.78 is 12.2. The molecule has 1 aliphatic rings. The molecule has 7 nitrogen and oxygen atoms in total. The van der Waals surface area contributed by atoms with Gasteiger partial charge in [0.2, 0.25) is 0 Å². The number of nitrogens with zero attached hydrogens (tertiary/aromatic N) is 1. The fourth-order valence-electron chi connectivity index (χ4n) is 4.45. The standard InChI is InChI=1S/C27H30N2O5/c1-2-33-24-10-12-29(32)26(18-24)28-11-5-13-34-23-9-8-19-14-22(17-27(30)31)25-7-4-3-6-20(25)15-21(19)16-23/h3-4,6-10,12,16,18,22,28H,2,5,11,13-15,17H2,1H3,(H,30,31)/t22-/m0/s1. The Morgan fingerprint density at radius 3 is 2.74 bits per heavy atom. The quantitative estimate of drug-likeness (QED) is 0.265. The molecule has 0 bridgehead atoms. The summed E-state index contributed by atoms with van der Waals surface area (Å²) in [6.45, 7) is 3.54. The minimum Gasteiger partial charge on any atom is -0.711 e. The molecule has 1 aliphatic carbocycles. The van der Waals surface area contributed by atoms with Gasteiger partial charge in [0.05, 0.1) is 38.4 Å². The Morgan fingerprint density at radius 1 is 1.09 bits per heavy atom. The largest absolute Gasteiger partial charge is 0.711 e. The topological polar surface area (TPSA) is 94.7 Å². The van der Waals surface area contributed by atoms with Crippen LogP contribution < -0.4 is 19.5 Å². The van der Waals surface area contributed by atoms with Crippen LogP contribution in [-0.4, -0.2) is 30.8 Å². The molecule has 7 heteroatoms. The molecule has 178 valence electrons. The first-order valence-corrected chi connectivity index (χ1v) is 11.7. The highest BCUT2D eigenvalue weighted by atomic mass is 16.5. The van der Waals surface area contributed by atoms with E-state index in [1.165, 1.54) is 22.9 Å². The first-order chi connectivity index (χ1) is 16.5. The van der Waals surface area contributed by atoms with Gasteiger partial charge in [0.15, 0.2) is 0 Å². The van der Waals surface area contributed by atoms with Crippen LogP contribution in [0.2, 0.25) is 0 Å². The molecule has 34 heavy (non-hydrogen) atoms. The zero-order valence-corrected chi connectivity index (χ0v) is 19.3. The van der Waals surface area contributed by atoms with Crippen LogP contribution in [0.5, 0.6) is 11.5 Å². The lowest BCUT2D eigenvalue weighted by atomic mass is 9.89. The molecule has 0 radical (unpaired) electrons. The Balaban J connectivity index is 1.36. The Kier molecular flexibility index (Phi) is 7.52.